The number of carbonyl (C=O) groups is 2. The molecule has 0 radical (unpaired) electrons. The van der Waals surface area contributed by atoms with Crippen molar-refractivity contribution >= 4 is 27.7 Å². The molecule has 1 aromatic rings. The summed E-state index contributed by atoms with van der Waals surface area (Å²) >= 11 is 0. The zero-order valence-corrected chi connectivity index (χ0v) is 16.2. The summed E-state index contributed by atoms with van der Waals surface area (Å²) in [5, 5.41) is 0. The average Bonchev–Trinajstić information content (AvgIpc) is 3.03. The summed E-state index contributed by atoms with van der Waals surface area (Å²) in [6.45, 7) is 1.11. The Labute approximate surface area is 158 Å². The standard InChI is InChI=1S/C17H23FN4O4S/c1-19(2)27(25,26)21-9-7-20(8-10-21)17(24)13-11-16(23)22(12-13)15-6-4-3-5-14(15)18/h3-6,13H,7-12H2,1-2H3/t13-/m1/s1. The maximum Gasteiger partial charge on any atom is 0.281 e. The van der Waals surface area contributed by atoms with Crippen molar-refractivity contribution in [3.63, 3.8) is 0 Å². The molecule has 0 aliphatic carbocycles. The molecule has 0 N–H and O–H groups in total. The minimum absolute atomic E-state index is 0.0311. The Hall–Kier alpha value is -2.04. The number of carbonyl (C=O) groups excluding carboxylic acids is 2. The van der Waals surface area contributed by atoms with E-state index in [0.717, 1.165) is 4.31 Å². The number of benzene rings is 1. The van der Waals surface area contributed by atoms with Crippen molar-refractivity contribution in [1.82, 2.24) is 13.5 Å². The number of anilines is 1. The summed E-state index contributed by atoms with van der Waals surface area (Å²) in [5.41, 5.74) is 0.180. The molecule has 148 valence electrons. The molecule has 1 atom stereocenters. The highest BCUT2D eigenvalue weighted by atomic mass is 32.2. The van der Waals surface area contributed by atoms with Crippen LogP contribution in [0.5, 0.6) is 0 Å². The van der Waals surface area contributed by atoms with Crippen LogP contribution >= 0.6 is 0 Å². The van der Waals surface area contributed by atoms with Gasteiger partial charge in [0.25, 0.3) is 10.2 Å². The normalized spacial score (nSPS) is 21.9. The second-order valence-corrected chi connectivity index (χ2v) is 9.01. The summed E-state index contributed by atoms with van der Waals surface area (Å²) in [4.78, 5) is 27.9. The average molecular weight is 398 g/mol. The number of rotatable bonds is 4. The van der Waals surface area contributed by atoms with Crippen LogP contribution in [0.3, 0.4) is 0 Å². The monoisotopic (exact) mass is 398 g/mol. The van der Waals surface area contributed by atoms with Gasteiger partial charge < -0.3 is 9.80 Å². The molecular weight excluding hydrogens is 375 g/mol. The van der Waals surface area contributed by atoms with Crippen molar-refractivity contribution in [3.05, 3.63) is 30.1 Å². The third-order valence-corrected chi connectivity index (χ3v) is 6.90. The zero-order chi connectivity index (χ0) is 19.8. The molecular formula is C17H23FN4O4S. The SMILES string of the molecule is CN(C)S(=O)(=O)N1CCN(C(=O)[C@@H]2CC(=O)N(c3ccccc3F)C2)CC1. The van der Waals surface area contributed by atoms with E-state index < -0.39 is 21.9 Å². The number of halogens is 1. The Morgan fingerprint density at radius 1 is 1.15 bits per heavy atom. The van der Waals surface area contributed by atoms with Crippen molar-refractivity contribution in [2.75, 3.05) is 51.7 Å². The molecule has 0 unspecified atom stereocenters. The maximum absolute atomic E-state index is 14.0. The summed E-state index contributed by atoms with van der Waals surface area (Å²) in [7, 11) is -0.569. The Morgan fingerprint density at radius 3 is 2.37 bits per heavy atom. The van der Waals surface area contributed by atoms with Crippen LogP contribution in [-0.2, 0) is 19.8 Å². The number of nitrogens with zero attached hydrogens (tertiary/aromatic N) is 4. The quantitative estimate of drug-likeness (QED) is 0.722. The first-order valence-electron chi connectivity index (χ1n) is 8.73. The largest absolute Gasteiger partial charge is 0.340 e. The minimum atomic E-state index is -3.50. The fraction of sp³-hybridized carbons (Fsp3) is 0.529. The lowest BCUT2D eigenvalue weighted by atomic mass is 10.1. The lowest BCUT2D eigenvalue weighted by Gasteiger charge is -2.36. The van der Waals surface area contributed by atoms with Gasteiger partial charge in [-0.25, -0.2) is 4.39 Å². The lowest BCUT2D eigenvalue weighted by Crippen LogP contribution is -2.54. The fourth-order valence-corrected chi connectivity index (χ4v) is 4.49. The Balaban J connectivity index is 1.63. The van der Waals surface area contributed by atoms with Crippen molar-refractivity contribution in [1.29, 1.82) is 0 Å². The number of hydrogen-bond donors (Lipinski definition) is 0. The predicted octanol–water partition coefficient (Wildman–Crippen LogP) is 0.129. The topological polar surface area (TPSA) is 81.2 Å². The van der Waals surface area contributed by atoms with Crippen LogP contribution in [0.2, 0.25) is 0 Å². The predicted molar refractivity (Wildman–Crippen MR) is 97.6 cm³/mol. The molecule has 2 heterocycles. The Bertz CT molecular complexity index is 837. The van der Waals surface area contributed by atoms with E-state index in [4.69, 9.17) is 0 Å². The van der Waals surface area contributed by atoms with Gasteiger partial charge in [-0.2, -0.15) is 17.0 Å². The van der Waals surface area contributed by atoms with Gasteiger partial charge in [0.05, 0.1) is 11.6 Å². The second-order valence-electron chi connectivity index (χ2n) is 6.87. The van der Waals surface area contributed by atoms with Gasteiger partial charge in [-0.05, 0) is 12.1 Å². The molecule has 0 spiro atoms. The van der Waals surface area contributed by atoms with Crippen molar-refractivity contribution < 1.29 is 22.4 Å². The van der Waals surface area contributed by atoms with Crippen molar-refractivity contribution in [3.8, 4) is 0 Å². The highest BCUT2D eigenvalue weighted by Gasteiger charge is 2.39. The second kappa shape index (κ2) is 7.53. The Kier molecular flexibility index (Phi) is 5.50. The van der Waals surface area contributed by atoms with Crippen LogP contribution < -0.4 is 4.90 Å². The summed E-state index contributed by atoms with van der Waals surface area (Å²) < 4.78 is 40.8. The first kappa shape index (κ1) is 19.7. The molecule has 3 rings (SSSR count). The van der Waals surface area contributed by atoms with Crippen LogP contribution in [0, 0.1) is 11.7 Å². The van der Waals surface area contributed by atoms with Gasteiger partial charge in [-0.1, -0.05) is 12.1 Å². The molecule has 10 heteroatoms. The van der Waals surface area contributed by atoms with Gasteiger partial charge in [-0.15, -0.1) is 0 Å². The van der Waals surface area contributed by atoms with Crippen LogP contribution in [0.15, 0.2) is 24.3 Å². The van der Waals surface area contributed by atoms with Crippen LogP contribution in [-0.4, -0.2) is 80.6 Å². The van der Waals surface area contributed by atoms with Gasteiger partial charge in [0.1, 0.15) is 5.82 Å². The van der Waals surface area contributed by atoms with E-state index >= 15 is 0 Å². The smallest absolute Gasteiger partial charge is 0.281 e. The van der Waals surface area contributed by atoms with E-state index in [2.05, 4.69) is 0 Å². The van der Waals surface area contributed by atoms with Crippen molar-refractivity contribution in [2.24, 2.45) is 5.92 Å². The Morgan fingerprint density at radius 2 is 1.78 bits per heavy atom. The molecule has 2 aliphatic heterocycles. The lowest BCUT2D eigenvalue weighted by molar-refractivity contribution is -0.137. The van der Waals surface area contributed by atoms with Gasteiger partial charge in [0, 0.05) is 53.2 Å². The van der Waals surface area contributed by atoms with E-state index in [0.29, 0.717) is 0 Å². The third-order valence-electron chi connectivity index (χ3n) is 4.96. The first-order chi connectivity index (χ1) is 12.7. The summed E-state index contributed by atoms with van der Waals surface area (Å²) in [6.07, 6.45) is 0.0311. The van der Waals surface area contributed by atoms with Crippen molar-refractivity contribution in [2.45, 2.75) is 6.42 Å². The molecule has 8 nitrogen and oxygen atoms in total. The van der Waals surface area contributed by atoms with Gasteiger partial charge in [0.2, 0.25) is 11.8 Å². The molecule has 2 amide bonds. The molecule has 2 saturated heterocycles. The number of para-hydroxylation sites is 1. The van der Waals surface area contributed by atoms with E-state index in [1.165, 1.54) is 35.4 Å². The minimum Gasteiger partial charge on any atom is -0.340 e. The number of piperazine rings is 1. The highest BCUT2D eigenvalue weighted by Crippen LogP contribution is 2.28. The fourth-order valence-electron chi connectivity index (χ4n) is 3.40. The summed E-state index contributed by atoms with van der Waals surface area (Å²) in [6, 6.07) is 5.99. The zero-order valence-electron chi connectivity index (χ0n) is 15.3. The van der Waals surface area contributed by atoms with E-state index in [1.807, 2.05) is 0 Å². The molecule has 2 fully saturated rings. The van der Waals surface area contributed by atoms with E-state index in [9.17, 15) is 22.4 Å². The van der Waals surface area contributed by atoms with E-state index in [1.54, 1.807) is 17.0 Å². The van der Waals surface area contributed by atoms with Gasteiger partial charge >= 0.3 is 0 Å². The third kappa shape index (κ3) is 3.83. The van der Waals surface area contributed by atoms with Gasteiger partial charge in [-0.3, -0.25) is 9.59 Å². The maximum atomic E-state index is 14.0. The summed E-state index contributed by atoms with van der Waals surface area (Å²) in [5.74, 6) is -1.52. The molecule has 2 aliphatic rings. The molecule has 0 bridgehead atoms. The number of amides is 2. The van der Waals surface area contributed by atoms with Gasteiger partial charge in [0.15, 0.2) is 0 Å². The van der Waals surface area contributed by atoms with E-state index in [-0.39, 0.29) is 56.6 Å². The number of hydrogen-bond acceptors (Lipinski definition) is 4. The van der Waals surface area contributed by atoms with Crippen LogP contribution in [0.1, 0.15) is 6.42 Å². The molecule has 0 saturated carbocycles. The van der Waals surface area contributed by atoms with Crippen LogP contribution in [0.25, 0.3) is 0 Å². The van der Waals surface area contributed by atoms with Crippen LogP contribution in [0.4, 0.5) is 10.1 Å². The molecule has 1 aromatic carbocycles. The molecule has 27 heavy (non-hydrogen) atoms. The first-order valence-corrected chi connectivity index (χ1v) is 10.1. The molecule has 0 aromatic heterocycles. The highest BCUT2D eigenvalue weighted by molar-refractivity contribution is 7.86.